The molecule has 4 heterocycles. The minimum atomic E-state index is -0.634. The molecule has 8 heteroatoms. The van der Waals surface area contributed by atoms with Crippen molar-refractivity contribution in [3.8, 4) is 6.07 Å². The summed E-state index contributed by atoms with van der Waals surface area (Å²) >= 11 is 0. The fraction of sp³-hybridized carbons (Fsp3) is 0.520. The van der Waals surface area contributed by atoms with Gasteiger partial charge in [-0.15, -0.1) is 0 Å². The molecule has 2 aromatic rings. The molecule has 1 aliphatic carbocycles. The molecule has 2 aliphatic heterocycles. The van der Waals surface area contributed by atoms with E-state index in [4.69, 9.17) is 10.00 Å². The van der Waals surface area contributed by atoms with Gasteiger partial charge in [-0.05, 0) is 43.4 Å². The summed E-state index contributed by atoms with van der Waals surface area (Å²) < 4.78 is 20.1. The Bertz CT molecular complexity index is 1060. The summed E-state index contributed by atoms with van der Waals surface area (Å²) in [6.07, 6.45) is 8.96. The van der Waals surface area contributed by atoms with E-state index in [1.165, 1.54) is 12.3 Å². The van der Waals surface area contributed by atoms with E-state index in [9.17, 15) is 9.18 Å². The Hall–Kier alpha value is -3.05. The second-order valence-corrected chi connectivity index (χ2v) is 9.54. The van der Waals surface area contributed by atoms with Crippen molar-refractivity contribution in [1.82, 2.24) is 14.9 Å². The number of piperazine rings is 1. The maximum absolute atomic E-state index is 13.8. The number of pyridine rings is 2. The van der Waals surface area contributed by atoms with Gasteiger partial charge in [0.25, 0.3) is 0 Å². The van der Waals surface area contributed by atoms with Crippen LogP contribution in [-0.2, 0) is 15.1 Å². The van der Waals surface area contributed by atoms with E-state index in [1.54, 1.807) is 18.5 Å². The third-order valence-electron chi connectivity index (χ3n) is 7.50. The first kappa shape index (κ1) is 21.8. The fourth-order valence-electron chi connectivity index (χ4n) is 5.81. The number of likely N-dealkylation sites (tertiary alicyclic amines) is 1. The topological polar surface area (TPSA) is 82.4 Å². The van der Waals surface area contributed by atoms with Gasteiger partial charge in [0.15, 0.2) is 0 Å². The minimum absolute atomic E-state index is 0.0144. The highest BCUT2D eigenvalue weighted by molar-refractivity contribution is 5.78. The molecule has 0 aromatic carbocycles. The van der Waals surface area contributed by atoms with Crippen molar-refractivity contribution in [2.24, 2.45) is 5.92 Å². The normalized spacial score (nSPS) is 25.8. The molecule has 1 amide bonds. The molecular formula is C25H28FN5O2. The van der Waals surface area contributed by atoms with Crippen LogP contribution in [0, 0.1) is 23.1 Å². The predicted octanol–water partition coefficient (Wildman–Crippen LogP) is 3.40. The first-order chi connectivity index (χ1) is 16.0. The Kier molecular flexibility index (Phi) is 5.75. The molecular weight excluding hydrogens is 421 g/mol. The summed E-state index contributed by atoms with van der Waals surface area (Å²) in [7, 11) is 0. The second-order valence-electron chi connectivity index (χ2n) is 9.54. The molecule has 3 atom stereocenters. The Morgan fingerprint density at radius 3 is 2.76 bits per heavy atom. The van der Waals surface area contributed by atoms with Crippen LogP contribution in [0.5, 0.6) is 0 Å². The summed E-state index contributed by atoms with van der Waals surface area (Å²) in [5.41, 5.74) is 0.628. The third-order valence-corrected chi connectivity index (χ3v) is 7.50. The van der Waals surface area contributed by atoms with E-state index in [1.807, 2.05) is 11.0 Å². The first-order valence-electron chi connectivity index (χ1n) is 11.7. The minimum Gasteiger partial charge on any atom is -0.360 e. The number of carbonyl (C=O) groups is 1. The van der Waals surface area contributed by atoms with Gasteiger partial charge in [-0.25, -0.2) is 9.37 Å². The number of nitrogens with zero attached hydrogens (tertiary/aromatic N) is 5. The summed E-state index contributed by atoms with van der Waals surface area (Å²) in [5, 5.41) is 9.04. The van der Waals surface area contributed by atoms with Crippen LogP contribution in [0.4, 0.5) is 10.2 Å². The number of fused-ring (bicyclic) bond motifs is 2. The summed E-state index contributed by atoms with van der Waals surface area (Å²) in [5.74, 6) is 0.889. The van der Waals surface area contributed by atoms with Crippen LogP contribution in [0.15, 0.2) is 36.8 Å². The van der Waals surface area contributed by atoms with Crippen molar-refractivity contribution in [2.45, 2.75) is 56.7 Å². The largest absolute Gasteiger partial charge is 0.360 e. The second kappa shape index (κ2) is 8.71. The van der Waals surface area contributed by atoms with Gasteiger partial charge < -0.3 is 14.5 Å². The molecule has 7 nitrogen and oxygen atoms in total. The molecule has 0 N–H and O–H groups in total. The molecule has 172 valence electrons. The number of halogens is 1. The highest BCUT2D eigenvalue weighted by atomic mass is 19.1. The van der Waals surface area contributed by atoms with Gasteiger partial charge >= 0.3 is 0 Å². The SMILES string of the molecule is C[C@H]1CC2CN(C(=O)COC3(c4cncc(F)c4)CCCC3)CC1N2c1ccc(C#N)cn1. The molecule has 3 fully saturated rings. The predicted molar refractivity (Wildman–Crippen MR) is 120 cm³/mol. The number of ether oxygens (including phenoxy) is 1. The lowest BCUT2D eigenvalue weighted by Gasteiger charge is -2.42. The smallest absolute Gasteiger partial charge is 0.248 e. The van der Waals surface area contributed by atoms with Crippen LogP contribution in [0.3, 0.4) is 0 Å². The molecule has 0 radical (unpaired) electrons. The number of anilines is 1. The Balaban J connectivity index is 1.27. The molecule has 2 unspecified atom stereocenters. The van der Waals surface area contributed by atoms with E-state index >= 15 is 0 Å². The van der Waals surface area contributed by atoms with Gasteiger partial charge in [0.05, 0.1) is 23.4 Å². The Labute approximate surface area is 193 Å². The van der Waals surface area contributed by atoms with Gasteiger partial charge in [0, 0.05) is 37.1 Å². The van der Waals surface area contributed by atoms with Gasteiger partial charge in [-0.1, -0.05) is 19.8 Å². The zero-order chi connectivity index (χ0) is 23.0. The highest BCUT2D eigenvalue weighted by Gasteiger charge is 2.46. The van der Waals surface area contributed by atoms with Crippen LogP contribution in [-0.4, -0.2) is 52.6 Å². The van der Waals surface area contributed by atoms with Crippen LogP contribution in [0.2, 0.25) is 0 Å². The molecule has 2 saturated heterocycles. The van der Waals surface area contributed by atoms with E-state index in [-0.39, 0.29) is 30.4 Å². The molecule has 1 saturated carbocycles. The molecule has 0 spiro atoms. The molecule has 2 aromatic heterocycles. The average molecular weight is 450 g/mol. The van der Waals surface area contributed by atoms with Crippen LogP contribution in [0.25, 0.3) is 0 Å². The molecule has 5 rings (SSSR count). The standard InChI is InChI=1S/C25H28FN5O2/c1-17-8-21-14-30(15-22(17)31(21)23-5-4-18(10-27)11-29-23)24(32)16-33-25(6-2-3-7-25)19-9-20(26)13-28-12-19/h4-5,9,11-13,17,21-22H,2-3,6-8,14-16H2,1H3/t17-,21?,22?/m0/s1. The van der Waals surface area contributed by atoms with Gasteiger partial charge in [0.2, 0.25) is 5.91 Å². The van der Waals surface area contributed by atoms with Crippen LogP contribution >= 0.6 is 0 Å². The molecule has 2 bridgehead atoms. The van der Waals surface area contributed by atoms with Crippen molar-refractivity contribution in [1.29, 1.82) is 5.26 Å². The molecule has 33 heavy (non-hydrogen) atoms. The molecule has 3 aliphatic rings. The van der Waals surface area contributed by atoms with E-state index < -0.39 is 5.60 Å². The van der Waals surface area contributed by atoms with Gasteiger partial charge in [0.1, 0.15) is 24.3 Å². The number of rotatable bonds is 5. The number of hydrogen-bond donors (Lipinski definition) is 0. The summed E-state index contributed by atoms with van der Waals surface area (Å²) in [6, 6.07) is 7.65. The third kappa shape index (κ3) is 4.06. The highest BCUT2D eigenvalue weighted by Crippen LogP contribution is 2.42. The van der Waals surface area contributed by atoms with Crippen molar-refractivity contribution in [3.05, 3.63) is 53.7 Å². The lowest BCUT2D eigenvalue weighted by atomic mass is 9.93. The summed E-state index contributed by atoms with van der Waals surface area (Å²) in [6.45, 7) is 3.45. The first-order valence-corrected chi connectivity index (χ1v) is 11.7. The van der Waals surface area contributed by atoms with Crippen molar-refractivity contribution < 1.29 is 13.9 Å². The monoisotopic (exact) mass is 449 g/mol. The number of hydrogen-bond acceptors (Lipinski definition) is 6. The average Bonchev–Trinajstić information content (AvgIpc) is 3.39. The number of carbonyl (C=O) groups excluding carboxylic acids is 1. The zero-order valence-electron chi connectivity index (χ0n) is 18.8. The van der Waals surface area contributed by atoms with Gasteiger partial charge in [-0.3, -0.25) is 9.78 Å². The number of nitriles is 1. The lowest BCUT2D eigenvalue weighted by Crippen LogP contribution is -2.57. The van der Waals surface area contributed by atoms with Crippen LogP contribution in [0.1, 0.15) is 50.2 Å². The fourth-order valence-corrected chi connectivity index (χ4v) is 5.81. The quantitative estimate of drug-likeness (QED) is 0.696. The van der Waals surface area contributed by atoms with Crippen molar-refractivity contribution >= 4 is 11.7 Å². The lowest BCUT2D eigenvalue weighted by molar-refractivity contribution is -0.145. The summed E-state index contributed by atoms with van der Waals surface area (Å²) in [4.78, 5) is 25.9. The van der Waals surface area contributed by atoms with Crippen LogP contribution < -0.4 is 4.90 Å². The maximum Gasteiger partial charge on any atom is 0.248 e. The Morgan fingerprint density at radius 1 is 1.27 bits per heavy atom. The maximum atomic E-state index is 13.8. The zero-order valence-corrected chi connectivity index (χ0v) is 18.8. The number of aromatic nitrogens is 2. The van der Waals surface area contributed by atoms with Crippen molar-refractivity contribution in [2.75, 3.05) is 24.6 Å². The van der Waals surface area contributed by atoms with E-state index in [0.717, 1.165) is 43.5 Å². The van der Waals surface area contributed by atoms with E-state index in [0.29, 0.717) is 24.6 Å². The Morgan fingerprint density at radius 2 is 2.09 bits per heavy atom. The van der Waals surface area contributed by atoms with Gasteiger partial charge in [-0.2, -0.15) is 5.26 Å². The van der Waals surface area contributed by atoms with Crippen molar-refractivity contribution in [3.63, 3.8) is 0 Å². The van der Waals surface area contributed by atoms with E-state index in [2.05, 4.69) is 27.9 Å². The number of amides is 1.